The lowest BCUT2D eigenvalue weighted by Gasteiger charge is -2.21. The van der Waals surface area contributed by atoms with Crippen LogP contribution in [0.2, 0.25) is 0 Å². The van der Waals surface area contributed by atoms with E-state index in [9.17, 15) is 4.79 Å². The lowest BCUT2D eigenvalue weighted by Crippen LogP contribution is -2.27. The van der Waals surface area contributed by atoms with Crippen molar-refractivity contribution in [3.05, 3.63) is 23.8 Å². The zero-order valence-corrected chi connectivity index (χ0v) is 9.81. The Morgan fingerprint density at radius 3 is 2.87 bits per heavy atom. The molecule has 1 aliphatic rings. The number of carbonyl (C=O) groups is 1. The van der Waals surface area contributed by atoms with Crippen LogP contribution >= 0.6 is 0 Å². The van der Waals surface area contributed by atoms with E-state index in [-0.39, 0.29) is 5.91 Å². The highest BCUT2D eigenvalue weighted by Gasteiger charge is 2.18. The fourth-order valence-corrected chi connectivity index (χ4v) is 1.84. The van der Waals surface area contributed by atoms with Crippen molar-refractivity contribution < 1.29 is 4.79 Å². The van der Waals surface area contributed by atoms with Crippen LogP contribution in [0.15, 0.2) is 23.8 Å². The summed E-state index contributed by atoms with van der Waals surface area (Å²) in [6, 6.07) is 0. The van der Waals surface area contributed by atoms with Gasteiger partial charge < -0.3 is 5.32 Å². The Balaban J connectivity index is 2.45. The van der Waals surface area contributed by atoms with Gasteiger partial charge in [-0.15, -0.1) is 0 Å². The van der Waals surface area contributed by atoms with Crippen molar-refractivity contribution in [2.24, 2.45) is 5.92 Å². The molecule has 0 aromatic carbocycles. The molecule has 0 bridgehead atoms. The second-order valence-electron chi connectivity index (χ2n) is 4.30. The standard InChI is InChI=1S/C13H21NO/c1-4-9-14-13(15)12-7-5-11(6-8-12)10(2)3/h7,11H,2,4-6,8-9H2,1,3H3,(H,14,15). The van der Waals surface area contributed by atoms with Crippen LogP contribution in [0.4, 0.5) is 0 Å². The van der Waals surface area contributed by atoms with Gasteiger partial charge in [0, 0.05) is 12.1 Å². The van der Waals surface area contributed by atoms with E-state index < -0.39 is 0 Å². The molecule has 1 amide bonds. The molecular formula is C13H21NO. The third-order valence-corrected chi connectivity index (χ3v) is 2.94. The van der Waals surface area contributed by atoms with Gasteiger partial charge in [0.05, 0.1) is 0 Å². The first-order chi connectivity index (χ1) is 7.15. The predicted octanol–water partition coefficient (Wildman–Crippen LogP) is 2.82. The molecular weight excluding hydrogens is 186 g/mol. The van der Waals surface area contributed by atoms with Crippen LogP contribution in [-0.2, 0) is 4.79 Å². The number of carbonyl (C=O) groups excluding carboxylic acids is 1. The Hall–Kier alpha value is -1.05. The molecule has 1 aliphatic carbocycles. The molecule has 0 saturated carbocycles. The van der Waals surface area contributed by atoms with E-state index in [1.165, 1.54) is 5.57 Å². The molecule has 84 valence electrons. The highest BCUT2D eigenvalue weighted by atomic mass is 16.1. The average Bonchev–Trinajstić information content (AvgIpc) is 2.26. The van der Waals surface area contributed by atoms with E-state index in [2.05, 4.69) is 31.8 Å². The van der Waals surface area contributed by atoms with Crippen molar-refractivity contribution in [1.82, 2.24) is 5.32 Å². The molecule has 1 N–H and O–H groups in total. The molecule has 0 heterocycles. The summed E-state index contributed by atoms with van der Waals surface area (Å²) in [7, 11) is 0. The van der Waals surface area contributed by atoms with Crippen LogP contribution in [0, 0.1) is 5.92 Å². The zero-order chi connectivity index (χ0) is 11.3. The molecule has 0 radical (unpaired) electrons. The van der Waals surface area contributed by atoms with Crippen molar-refractivity contribution >= 4 is 5.91 Å². The van der Waals surface area contributed by atoms with Gasteiger partial charge in [0.25, 0.3) is 0 Å². The first-order valence-electron chi connectivity index (χ1n) is 5.77. The van der Waals surface area contributed by atoms with Gasteiger partial charge >= 0.3 is 0 Å². The van der Waals surface area contributed by atoms with Crippen molar-refractivity contribution in [3.8, 4) is 0 Å². The molecule has 0 aliphatic heterocycles. The first kappa shape index (κ1) is 12.0. The number of nitrogens with one attached hydrogen (secondary N) is 1. The minimum absolute atomic E-state index is 0.122. The van der Waals surface area contributed by atoms with Crippen LogP contribution in [0.5, 0.6) is 0 Å². The van der Waals surface area contributed by atoms with Crippen molar-refractivity contribution in [1.29, 1.82) is 0 Å². The summed E-state index contributed by atoms with van der Waals surface area (Å²) in [6.45, 7) is 8.88. The van der Waals surface area contributed by atoms with E-state index in [0.29, 0.717) is 5.92 Å². The van der Waals surface area contributed by atoms with Crippen molar-refractivity contribution in [2.45, 2.75) is 39.5 Å². The van der Waals surface area contributed by atoms with Gasteiger partial charge in [0.15, 0.2) is 0 Å². The van der Waals surface area contributed by atoms with Crippen LogP contribution in [0.3, 0.4) is 0 Å². The summed E-state index contributed by atoms with van der Waals surface area (Å²) in [5, 5.41) is 2.92. The molecule has 0 aromatic heterocycles. The second-order valence-corrected chi connectivity index (χ2v) is 4.30. The van der Waals surface area contributed by atoms with Gasteiger partial charge in [-0.25, -0.2) is 0 Å². The quantitative estimate of drug-likeness (QED) is 0.706. The highest BCUT2D eigenvalue weighted by molar-refractivity contribution is 5.93. The maximum atomic E-state index is 11.6. The van der Waals surface area contributed by atoms with Gasteiger partial charge in [-0.3, -0.25) is 4.79 Å². The molecule has 2 nitrogen and oxygen atoms in total. The fraction of sp³-hybridized carbons (Fsp3) is 0.615. The molecule has 15 heavy (non-hydrogen) atoms. The third-order valence-electron chi connectivity index (χ3n) is 2.94. The minimum Gasteiger partial charge on any atom is -0.352 e. The van der Waals surface area contributed by atoms with E-state index in [1.54, 1.807) is 0 Å². The summed E-state index contributed by atoms with van der Waals surface area (Å²) >= 11 is 0. The summed E-state index contributed by atoms with van der Waals surface area (Å²) in [5.74, 6) is 0.699. The number of rotatable bonds is 4. The summed E-state index contributed by atoms with van der Waals surface area (Å²) in [5.41, 5.74) is 2.19. The maximum Gasteiger partial charge on any atom is 0.246 e. The topological polar surface area (TPSA) is 29.1 Å². The average molecular weight is 207 g/mol. The van der Waals surface area contributed by atoms with Crippen molar-refractivity contribution in [3.63, 3.8) is 0 Å². The fourth-order valence-electron chi connectivity index (χ4n) is 1.84. The Morgan fingerprint density at radius 1 is 1.67 bits per heavy atom. The molecule has 0 spiro atoms. The molecule has 0 saturated heterocycles. The number of hydrogen-bond acceptors (Lipinski definition) is 1. The van der Waals surface area contributed by atoms with Gasteiger partial charge in [-0.05, 0) is 38.5 Å². The van der Waals surface area contributed by atoms with Crippen LogP contribution in [0.1, 0.15) is 39.5 Å². The van der Waals surface area contributed by atoms with E-state index >= 15 is 0 Å². The summed E-state index contributed by atoms with van der Waals surface area (Å²) in [6.07, 6.45) is 6.01. The molecule has 1 atom stereocenters. The largest absolute Gasteiger partial charge is 0.352 e. The smallest absolute Gasteiger partial charge is 0.246 e. The molecule has 1 unspecified atom stereocenters. The Morgan fingerprint density at radius 2 is 2.40 bits per heavy atom. The maximum absolute atomic E-state index is 11.6. The van der Waals surface area contributed by atoms with Gasteiger partial charge in [0.2, 0.25) is 5.91 Å². The summed E-state index contributed by atoms with van der Waals surface area (Å²) < 4.78 is 0. The second kappa shape index (κ2) is 5.74. The Bertz CT molecular complexity index is 278. The normalized spacial score (nSPS) is 20.7. The number of allylic oxidation sites excluding steroid dienone is 2. The van der Waals surface area contributed by atoms with Gasteiger partial charge in [-0.1, -0.05) is 25.2 Å². The molecule has 2 heteroatoms. The Kier molecular flexibility index (Phi) is 4.60. The highest BCUT2D eigenvalue weighted by Crippen LogP contribution is 2.28. The van der Waals surface area contributed by atoms with Crippen molar-refractivity contribution in [2.75, 3.05) is 6.54 Å². The van der Waals surface area contributed by atoms with Gasteiger partial charge in [-0.2, -0.15) is 0 Å². The van der Waals surface area contributed by atoms with Crippen LogP contribution in [-0.4, -0.2) is 12.5 Å². The Labute approximate surface area is 92.4 Å². The van der Waals surface area contributed by atoms with E-state index in [1.807, 2.05) is 0 Å². The number of amides is 1. The van der Waals surface area contributed by atoms with Crippen LogP contribution < -0.4 is 5.32 Å². The minimum atomic E-state index is 0.122. The SMILES string of the molecule is C=C(C)C1CC=C(C(=O)NCCC)CC1. The third kappa shape index (κ3) is 3.54. The monoisotopic (exact) mass is 207 g/mol. The van der Waals surface area contributed by atoms with Gasteiger partial charge in [0.1, 0.15) is 0 Å². The first-order valence-corrected chi connectivity index (χ1v) is 5.77. The van der Waals surface area contributed by atoms with E-state index in [4.69, 9.17) is 0 Å². The lowest BCUT2D eigenvalue weighted by molar-refractivity contribution is -0.117. The molecule has 1 rings (SSSR count). The molecule has 0 aromatic rings. The van der Waals surface area contributed by atoms with Crippen LogP contribution in [0.25, 0.3) is 0 Å². The predicted molar refractivity (Wildman–Crippen MR) is 63.5 cm³/mol. The van der Waals surface area contributed by atoms with E-state index in [0.717, 1.165) is 37.8 Å². The zero-order valence-electron chi connectivity index (χ0n) is 9.81. The lowest BCUT2D eigenvalue weighted by atomic mass is 9.85. The molecule has 0 fully saturated rings. The summed E-state index contributed by atoms with van der Waals surface area (Å²) in [4.78, 5) is 11.6. The number of hydrogen-bond donors (Lipinski definition) is 1.